The molecule has 0 aromatic heterocycles. The van der Waals surface area contributed by atoms with E-state index in [9.17, 15) is 4.79 Å². The van der Waals surface area contributed by atoms with Crippen molar-refractivity contribution in [1.29, 1.82) is 0 Å². The van der Waals surface area contributed by atoms with E-state index < -0.39 is 0 Å². The number of alkyl halides is 1. The maximum absolute atomic E-state index is 11.4. The maximum Gasteiger partial charge on any atom is 0.225 e. The first kappa shape index (κ1) is 14.6. The molecule has 5 heteroatoms. The first-order valence-corrected chi connectivity index (χ1v) is 6.50. The molecule has 1 amide bonds. The summed E-state index contributed by atoms with van der Waals surface area (Å²) in [6.45, 7) is 4.91. The van der Waals surface area contributed by atoms with Gasteiger partial charge in [-0.15, -0.1) is 11.6 Å². The average molecular weight is 272 g/mol. The van der Waals surface area contributed by atoms with Gasteiger partial charge in [-0.3, -0.25) is 4.79 Å². The summed E-state index contributed by atoms with van der Waals surface area (Å²) in [4.78, 5) is 11.4. The fourth-order valence-electron chi connectivity index (χ4n) is 1.44. The van der Waals surface area contributed by atoms with Crippen molar-refractivity contribution in [1.82, 2.24) is 0 Å². The highest BCUT2D eigenvalue weighted by atomic mass is 35.5. The summed E-state index contributed by atoms with van der Waals surface area (Å²) in [5, 5.41) is 2.75. The summed E-state index contributed by atoms with van der Waals surface area (Å²) in [6, 6.07) is 5.31. The van der Waals surface area contributed by atoms with Gasteiger partial charge in [-0.05, 0) is 26.0 Å². The smallest absolute Gasteiger partial charge is 0.225 e. The third kappa shape index (κ3) is 4.45. The summed E-state index contributed by atoms with van der Waals surface area (Å²) in [5.74, 6) is 1.50. The van der Waals surface area contributed by atoms with Gasteiger partial charge < -0.3 is 14.8 Å². The van der Waals surface area contributed by atoms with Gasteiger partial charge in [0, 0.05) is 24.1 Å². The summed E-state index contributed by atoms with van der Waals surface area (Å²) in [7, 11) is 0. The van der Waals surface area contributed by atoms with Crippen LogP contribution >= 0.6 is 11.6 Å². The van der Waals surface area contributed by atoms with Crippen LogP contribution in [0.15, 0.2) is 18.2 Å². The van der Waals surface area contributed by atoms with Crippen molar-refractivity contribution in [2.45, 2.75) is 20.3 Å². The third-order valence-corrected chi connectivity index (χ3v) is 2.34. The molecule has 1 aromatic rings. The first-order valence-electron chi connectivity index (χ1n) is 5.96. The van der Waals surface area contributed by atoms with Crippen molar-refractivity contribution in [2.75, 3.05) is 24.4 Å². The summed E-state index contributed by atoms with van der Waals surface area (Å²) < 4.78 is 10.9. The van der Waals surface area contributed by atoms with Crippen molar-refractivity contribution in [3.05, 3.63) is 18.2 Å². The van der Waals surface area contributed by atoms with Crippen molar-refractivity contribution in [3.8, 4) is 11.5 Å². The van der Waals surface area contributed by atoms with Crippen LogP contribution in [0.5, 0.6) is 11.5 Å². The molecule has 0 bridgehead atoms. The predicted octanol–water partition coefficient (Wildman–Crippen LogP) is 3.05. The lowest BCUT2D eigenvalue weighted by Gasteiger charge is -2.12. The molecular formula is C13H18ClNO3. The van der Waals surface area contributed by atoms with Gasteiger partial charge in [0.25, 0.3) is 0 Å². The van der Waals surface area contributed by atoms with Crippen molar-refractivity contribution >= 4 is 23.2 Å². The number of rotatable bonds is 7. The second-order valence-corrected chi connectivity index (χ2v) is 3.89. The highest BCUT2D eigenvalue weighted by Gasteiger charge is 2.08. The van der Waals surface area contributed by atoms with Crippen LogP contribution in [0.4, 0.5) is 5.69 Å². The molecule has 0 fully saturated rings. The lowest BCUT2D eigenvalue weighted by atomic mass is 10.2. The van der Waals surface area contributed by atoms with Gasteiger partial charge in [-0.2, -0.15) is 0 Å². The lowest BCUT2D eigenvalue weighted by Crippen LogP contribution is -2.11. The van der Waals surface area contributed by atoms with Gasteiger partial charge >= 0.3 is 0 Å². The number of halogens is 1. The number of nitrogens with one attached hydrogen (secondary N) is 1. The molecule has 1 rings (SSSR count). The second-order valence-electron chi connectivity index (χ2n) is 3.51. The highest BCUT2D eigenvalue weighted by molar-refractivity contribution is 6.19. The predicted molar refractivity (Wildman–Crippen MR) is 72.7 cm³/mol. The van der Waals surface area contributed by atoms with Crippen LogP contribution in [-0.4, -0.2) is 25.0 Å². The number of ether oxygens (including phenoxy) is 2. The lowest BCUT2D eigenvalue weighted by molar-refractivity contribution is -0.115. The van der Waals surface area contributed by atoms with Gasteiger partial charge in [0.15, 0.2) is 11.5 Å². The molecule has 1 N–H and O–H groups in total. The van der Waals surface area contributed by atoms with Gasteiger partial charge in [-0.25, -0.2) is 0 Å². The van der Waals surface area contributed by atoms with Gasteiger partial charge in [0.05, 0.1) is 13.2 Å². The third-order valence-electron chi connectivity index (χ3n) is 2.15. The fourth-order valence-corrected chi connectivity index (χ4v) is 1.61. The quantitative estimate of drug-likeness (QED) is 0.776. The van der Waals surface area contributed by atoms with Crippen LogP contribution < -0.4 is 14.8 Å². The number of amides is 1. The standard InChI is InChI=1S/C13H18ClNO3/c1-3-17-11-6-5-10(9-12(11)18-4-2)15-13(16)7-8-14/h5-6,9H,3-4,7-8H2,1-2H3,(H,15,16). The Balaban J connectivity index is 2.81. The maximum atomic E-state index is 11.4. The molecular weight excluding hydrogens is 254 g/mol. The summed E-state index contributed by atoms with van der Waals surface area (Å²) in [6.07, 6.45) is 0.290. The number of benzene rings is 1. The van der Waals surface area contributed by atoms with Crippen molar-refractivity contribution < 1.29 is 14.3 Å². The number of hydrogen-bond donors (Lipinski definition) is 1. The van der Waals surface area contributed by atoms with Crippen molar-refractivity contribution in [2.24, 2.45) is 0 Å². The van der Waals surface area contributed by atoms with E-state index in [1.165, 1.54) is 0 Å². The Labute approximate surface area is 112 Å². The number of anilines is 1. The SMILES string of the molecule is CCOc1ccc(NC(=O)CCCl)cc1OCC. The Bertz CT molecular complexity index is 396. The Morgan fingerprint density at radius 1 is 1.22 bits per heavy atom. The van der Waals surface area contributed by atoms with E-state index in [4.69, 9.17) is 21.1 Å². The zero-order valence-electron chi connectivity index (χ0n) is 10.7. The molecule has 0 saturated heterocycles. The Morgan fingerprint density at radius 3 is 2.50 bits per heavy atom. The number of carbonyl (C=O) groups excluding carboxylic acids is 1. The molecule has 18 heavy (non-hydrogen) atoms. The molecule has 100 valence electrons. The molecule has 0 spiro atoms. The van der Waals surface area contributed by atoms with E-state index in [1.807, 2.05) is 13.8 Å². The number of carbonyl (C=O) groups is 1. The molecule has 0 atom stereocenters. The van der Waals surface area contributed by atoms with E-state index in [2.05, 4.69) is 5.32 Å². The molecule has 0 heterocycles. The average Bonchev–Trinajstić information content (AvgIpc) is 2.33. The zero-order chi connectivity index (χ0) is 13.4. The molecule has 0 aliphatic rings. The van der Waals surface area contributed by atoms with Gasteiger partial charge in [0.1, 0.15) is 0 Å². The topological polar surface area (TPSA) is 47.6 Å². The Hall–Kier alpha value is -1.42. The van der Waals surface area contributed by atoms with E-state index >= 15 is 0 Å². The number of hydrogen-bond acceptors (Lipinski definition) is 3. The van der Waals surface area contributed by atoms with E-state index in [1.54, 1.807) is 18.2 Å². The monoisotopic (exact) mass is 271 g/mol. The molecule has 0 unspecified atom stereocenters. The molecule has 0 aliphatic carbocycles. The fraction of sp³-hybridized carbons (Fsp3) is 0.462. The van der Waals surface area contributed by atoms with Gasteiger partial charge in [-0.1, -0.05) is 0 Å². The van der Waals surface area contributed by atoms with Crippen LogP contribution in [0.1, 0.15) is 20.3 Å². The Morgan fingerprint density at radius 2 is 1.89 bits per heavy atom. The molecule has 0 aliphatic heterocycles. The van der Waals surface area contributed by atoms with Crippen LogP contribution in [0.25, 0.3) is 0 Å². The molecule has 0 radical (unpaired) electrons. The zero-order valence-corrected chi connectivity index (χ0v) is 11.4. The minimum atomic E-state index is -0.114. The summed E-state index contributed by atoms with van der Waals surface area (Å²) >= 11 is 5.50. The Kier molecular flexibility index (Phi) is 6.36. The minimum Gasteiger partial charge on any atom is -0.490 e. The van der Waals surface area contributed by atoms with Crippen LogP contribution in [0, 0.1) is 0 Å². The molecule has 0 saturated carbocycles. The van der Waals surface area contributed by atoms with Crippen LogP contribution in [-0.2, 0) is 4.79 Å². The highest BCUT2D eigenvalue weighted by Crippen LogP contribution is 2.30. The van der Waals surface area contributed by atoms with E-state index in [0.717, 1.165) is 0 Å². The van der Waals surface area contributed by atoms with Gasteiger partial charge in [0.2, 0.25) is 5.91 Å². The van der Waals surface area contributed by atoms with Crippen molar-refractivity contribution in [3.63, 3.8) is 0 Å². The van der Waals surface area contributed by atoms with E-state index in [0.29, 0.717) is 42.7 Å². The minimum absolute atomic E-state index is 0.114. The molecule has 1 aromatic carbocycles. The molecule has 4 nitrogen and oxygen atoms in total. The van der Waals surface area contributed by atoms with E-state index in [-0.39, 0.29) is 5.91 Å². The summed E-state index contributed by atoms with van der Waals surface area (Å²) in [5.41, 5.74) is 0.678. The van der Waals surface area contributed by atoms with Crippen LogP contribution in [0.2, 0.25) is 0 Å². The largest absolute Gasteiger partial charge is 0.490 e. The first-order chi connectivity index (χ1) is 8.71. The second kappa shape index (κ2) is 7.82. The normalized spacial score (nSPS) is 9.94. The van der Waals surface area contributed by atoms with Crippen LogP contribution in [0.3, 0.4) is 0 Å².